The maximum atomic E-state index is 14.9. The quantitative estimate of drug-likeness (QED) is 0.161. The van der Waals surface area contributed by atoms with Gasteiger partial charge in [-0.3, -0.25) is 0 Å². The van der Waals surface area contributed by atoms with Crippen LogP contribution in [0.15, 0.2) is 132 Å². The van der Waals surface area contributed by atoms with E-state index in [1.807, 2.05) is 0 Å². The molecule has 14 heteroatoms. The highest BCUT2D eigenvalue weighted by atomic mass is 32.2. The average molecular weight is 689 g/mol. The summed E-state index contributed by atoms with van der Waals surface area (Å²) < 4.78 is 86.5. The molecule has 2 aromatic carbocycles. The second kappa shape index (κ2) is 13.2. The highest BCUT2D eigenvalue weighted by Gasteiger charge is 2.27. The van der Waals surface area contributed by atoms with Gasteiger partial charge in [-0.1, -0.05) is 36.4 Å². The van der Waals surface area contributed by atoms with Crippen LogP contribution in [0.3, 0.4) is 0 Å². The first kappa shape index (κ1) is 32.9. The number of aromatic nitrogens is 4. The van der Waals surface area contributed by atoms with E-state index < -0.39 is 31.7 Å². The minimum absolute atomic E-state index is 0.107. The largest absolute Gasteiger partial charge is 0.285 e. The SMILES string of the molecule is CN(Cc1cc(-c2ccccc2F)n(S(=O)(=O)c2ccccn2)c1)N(C)Cc1cc(-c2ccccc2F)n(S(=O)(=O)c2ccccn2)c1. The monoisotopic (exact) mass is 688 g/mol. The van der Waals surface area contributed by atoms with Crippen LogP contribution in [-0.4, -0.2) is 58.9 Å². The molecular weight excluding hydrogens is 659 g/mol. The molecule has 0 saturated heterocycles. The Morgan fingerprint density at radius 3 is 1.31 bits per heavy atom. The van der Waals surface area contributed by atoms with Crippen LogP contribution in [-0.2, 0) is 33.1 Å². The van der Waals surface area contributed by atoms with Gasteiger partial charge in [-0.05, 0) is 71.8 Å². The maximum Gasteiger partial charge on any atom is 0.285 e. The van der Waals surface area contributed by atoms with Crippen LogP contribution >= 0.6 is 0 Å². The lowest BCUT2D eigenvalue weighted by molar-refractivity contribution is 0.0110. The highest BCUT2D eigenvalue weighted by molar-refractivity contribution is 7.90. The van der Waals surface area contributed by atoms with Crippen molar-refractivity contribution >= 4 is 20.0 Å². The van der Waals surface area contributed by atoms with Gasteiger partial charge in [0.05, 0.1) is 11.4 Å². The number of halogens is 2. The molecule has 0 aliphatic carbocycles. The maximum absolute atomic E-state index is 14.9. The Morgan fingerprint density at radius 1 is 0.583 bits per heavy atom. The molecule has 0 bridgehead atoms. The molecule has 0 aliphatic rings. The van der Waals surface area contributed by atoms with E-state index in [0.717, 1.165) is 7.94 Å². The fraction of sp³-hybridized carbons (Fsp3) is 0.118. The van der Waals surface area contributed by atoms with Gasteiger partial charge in [-0.25, -0.2) is 36.7 Å². The third kappa shape index (κ3) is 6.42. The minimum Gasteiger partial charge on any atom is -0.243 e. The van der Waals surface area contributed by atoms with Crippen LogP contribution in [0.1, 0.15) is 11.1 Å². The Kier molecular flexibility index (Phi) is 9.07. The van der Waals surface area contributed by atoms with E-state index in [4.69, 9.17) is 0 Å². The first-order chi connectivity index (χ1) is 23.0. The van der Waals surface area contributed by atoms with Crippen LogP contribution in [0.2, 0.25) is 0 Å². The molecule has 0 saturated carbocycles. The molecular formula is C34H30F2N6O4S2. The molecule has 48 heavy (non-hydrogen) atoms. The van der Waals surface area contributed by atoms with Crippen molar-refractivity contribution in [3.63, 3.8) is 0 Å². The molecule has 10 nitrogen and oxygen atoms in total. The fourth-order valence-electron chi connectivity index (χ4n) is 5.27. The number of hydrazine groups is 1. The molecule has 0 atom stereocenters. The predicted octanol–water partition coefficient (Wildman–Crippen LogP) is 5.64. The topological polar surface area (TPSA) is 110 Å². The zero-order valence-electron chi connectivity index (χ0n) is 25.8. The second-order valence-electron chi connectivity index (χ2n) is 11.0. The van der Waals surface area contributed by atoms with Crippen LogP contribution in [0.25, 0.3) is 22.5 Å². The van der Waals surface area contributed by atoms with Crippen LogP contribution < -0.4 is 0 Å². The summed E-state index contributed by atoms with van der Waals surface area (Å²) in [5.41, 5.74) is 1.60. The lowest BCUT2D eigenvalue weighted by atomic mass is 10.1. The molecule has 6 rings (SSSR count). The number of hydrogen-bond donors (Lipinski definition) is 0. The van der Waals surface area contributed by atoms with E-state index in [1.165, 1.54) is 73.3 Å². The normalized spacial score (nSPS) is 12.2. The molecule has 4 aromatic heterocycles. The Hall–Kier alpha value is -5.02. The van der Waals surface area contributed by atoms with Gasteiger partial charge in [0.15, 0.2) is 10.1 Å². The van der Waals surface area contributed by atoms with Gasteiger partial charge in [0.2, 0.25) is 0 Å². The lowest BCUT2D eigenvalue weighted by Crippen LogP contribution is -2.35. The van der Waals surface area contributed by atoms with Gasteiger partial charge in [0.25, 0.3) is 20.0 Å². The van der Waals surface area contributed by atoms with Crippen molar-refractivity contribution in [1.82, 2.24) is 27.9 Å². The lowest BCUT2D eigenvalue weighted by Gasteiger charge is -2.27. The first-order valence-corrected chi connectivity index (χ1v) is 17.5. The predicted molar refractivity (Wildman–Crippen MR) is 176 cm³/mol. The summed E-state index contributed by atoms with van der Waals surface area (Å²) in [7, 11) is -4.81. The van der Waals surface area contributed by atoms with Crippen molar-refractivity contribution in [3.05, 3.63) is 145 Å². The summed E-state index contributed by atoms with van der Waals surface area (Å²) in [6.45, 7) is 0.408. The molecule has 0 N–H and O–H groups in total. The average Bonchev–Trinajstić information content (AvgIpc) is 3.71. The molecule has 0 unspecified atom stereocenters. The van der Waals surface area contributed by atoms with Crippen molar-refractivity contribution < 1.29 is 25.6 Å². The molecule has 246 valence electrons. The van der Waals surface area contributed by atoms with Crippen LogP contribution in [0, 0.1) is 11.6 Å². The third-order valence-electron chi connectivity index (χ3n) is 7.71. The van der Waals surface area contributed by atoms with Crippen LogP contribution in [0.5, 0.6) is 0 Å². The Bertz CT molecular complexity index is 2130. The molecule has 6 aromatic rings. The van der Waals surface area contributed by atoms with Crippen molar-refractivity contribution in [2.45, 2.75) is 23.1 Å². The summed E-state index contributed by atoms with van der Waals surface area (Å²) in [4.78, 5) is 8.02. The zero-order chi connectivity index (χ0) is 34.1. The molecule has 0 spiro atoms. The number of benzene rings is 2. The first-order valence-electron chi connectivity index (χ1n) is 14.6. The van der Waals surface area contributed by atoms with Gasteiger partial charge in [-0.15, -0.1) is 0 Å². The van der Waals surface area contributed by atoms with Gasteiger partial charge in [0, 0.05) is 63.1 Å². The Balaban J connectivity index is 1.32. The van der Waals surface area contributed by atoms with E-state index in [0.29, 0.717) is 11.1 Å². The summed E-state index contributed by atoms with van der Waals surface area (Å²) in [6.07, 6.45) is 5.61. The molecule has 0 amide bonds. The van der Waals surface area contributed by atoms with Gasteiger partial charge < -0.3 is 0 Å². The summed E-state index contributed by atoms with van der Waals surface area (Å²) in [6, 6.07) is 24.1. The fourth-order valence-corrected chi connectivity index (χ4v) is 7.93. The zero-order valence-corrected chi connectivity index (χ0v) is 27.5. The Morgan fingerprint density at radius 2 is 0.958 bits per heavy atom. The van der Waals surface area contributed by atoms with Crippen LogP contribution in [0.4, 0.5) is 8.78 Å². The number of hydrogen-bond acceptors (Lipinski definition) is 8. The molecule has 4 heterocycles. The van der Waals surface area contributed by atoms with Crippen molar-refractivity contribution in [2.24, 2.45) is 0 Å². The summed E-state index contributed by atoms with van der Waals surface area (Å²) in [5.74, 6) is -1.16. The van der Waals surface area contributed by atoms with E-state index in [2.05, 4.69) is 9.97 Å². The highest BCUT2D eigenvalue weighted by Crippen LogP contribution is 2.31. The van der Waals surface area contributed by atoms with E-state index in [1.54, 1.807) is 72.6 Å². The molecule has 0 radical (unpaired) electrons. The summed E-state index contributed by atoms with van der Waals surface area (Å²) in [5, 5.41) is 3.22. The van der Waals surface area contributed by atoms with Crippen molar-refractivity contribution in [3.8, 4) is 22.5 Å². The number of pyridine rings is 2. The van der Waals surface area contributed by atoms with Gasteiger partial charge >= 0.3 is 0 Å². The number of rotatable bonds is 11. The van der Waals surface area contributed by atoms with Crippen molar-refractivity contribution in [1.29, 1.82) is 0 Å². The minimum atomic E-state index is -4.18. The third-order valence-corrected chi connectivity index (χ3v) is 10.9. The number of nitrogens with zero attached hydrogens (tertiary/aromatic N) is 6. The van der Waals surface area contributed by atoms with Gasteiger partial charge in [0.1, 0.15) is 11.6 Å². The smallest absolute Gasteiger partial charge is 0.243 e. The Labute approximate surface area is 277 Å². The molecule has 0 fully saturated rings. The van der Waals surface area contributed by atoms with E-state index in [9.17, 15) is 25.6 Å². The second-order valence-corrected chi connectivity index (χ2v) is 14.5. The van der Waals surface area contributed by atoms with E-state index in [-0.39, 0.29) is 45.7 Å². The van der Waals surface area contributed by atoms with Crippen molar-refractivity contribution in [2.75, 3.05) is 14.1 Å². The van der Waals surface area contributed by atoms with E-state index >= 15 is 0 Å². The molecule has 0 aliphatic heterocycles. The standard InChI is InChI=1S/C34H30F2N6O4S2/c1-39(21-25-19-31(27-11-3-5-13-29(27)35)41(23-25)47(43,44)33-15-7-9-17-37-33)40(2)22-26-20-32(28-12-4-6-14-30(28)36)42(24-26)48(45,46)34-16-8-10-18-38-34/h3-20,23-24H,21-22H2,1-2H3. The summed E-state index contributed by atoms with van der Waals surface area (Å²) >= 11 is 0. The van der Waals surface area contributed by atoms with Gasteiger partial charge in [-0.2, -0.15) is 16.8 Å².